The maximum atomic E-state index is 3.39. The Morgan fingerprint density at radius 1 is 1.43 bits per heavy atom. The van der Waals surface area contributed by atoms with E-state index in [1.807, 2.05) is 0 Å². The minimum absolute atomic E-state index is 0.731. The van der Waals surface area contributed by atoms with Gasteiger partial charge in [0.2, 0.25) is 0 Å². The topological polar surface area (TPSA) is 15.3 Å². The van der Waals surface area contributed by atoms with Crippen molar-refractivity contribution in [2.24, 2.45) is 5.92 Å². The zero-order valence-electron chi connectivity index (χ0n) is 10.1. The van der Waals surface area contributed by atoms with E-state index >= 15 is 0 Å². The zero-order valence-corrected chi connectivity index (χ0v) is 10.1. The van der Waals surface area contributed by atoms with Crippen LogP contribution in [0.15, 0.2) is 0 Å². The smallest absolute Gasteiger partial charge is 0.00760 e. The first-order valence-electron chi connectivity index (χ1n) is 6.15. The van der Waals surface area contributed by atoms with Gasteiger partial charge < -0.3 is 10.2 Å². The Hall–Kier alpha value is -0.0800. The van der Waals surface area contributed by atoms with E-state index in [0.29, 0.717) is 0 Å². The van der Waals surface area contributed by atoms with Crippen LogP contribution in [0.2, 0.25) is 0 Å². The number of rotatable bonds is 7. The molecule has 84 valence electrons. The largest absolute Gasteiger partial charge is 0.317 e. The van der Waals surface area contributed by atoms with Gasteiger partial charge in [-0.05, 0) is 52.2 Å². The summed E-state index contributed by atoms with van der Waals surface area (Å²) in [5, 5.41) is 3.39. The fourth-order valence-electron chi connectivity index (χ4n) is 1.97. The first kappa shape index (κ1) is 12.0. The third kappa shape index (κ3) is 3.97. The average Bonchev–Trinajstić information content (AvgIpc) is 2.11. The minimum atomic E-state index is 0.731. The van der Waals surface area contributed by atoms with Crippen molar-refractivity contribution >= 4 is 0 Å². The molecule has 0 aromatic carbocycles. The monoisotopic (exact) mass is 198 g/mol. The van der Waals surface area contributed by atoms with E-state index in [4.69, 9.17) is 0 Å². The van der Waals surface area contributed by atoms with Crippen LogP contribution in [-0.4, -0.2) is 37.6 Å². The molecule has 2 heteroatoms. The van der Waals surface area contributed by atoms with E-state index in [9.17, 15) is 0 Å². The Labute approximate surface area is 89.1 Å². The second-order valence-electron chi connectivity index (χ2n) is 4.73. The standard InChI is InChI=1S/C12H26N2/c1-4-13-9-8-11(2)14(3)10-12-6-5-7-12/h11-13H,4-10H2,1-3H3. The Morgan fingerprint density at radius 2 is 2.14 bits per heavy atom. The van der Waals surface area contributed by atoms with Crippen LogP contribution in [0, 0.1) is 5.92 Å². The van der Waals surface area contributed by atoms with Crippen molar-refractivity contribution in [3.63, 3.8) is 0 Å². The molecule has 0 radical (unpaired) electrons. The molecule has 1 N–H and O–H groups in total. The molecule has 1 aliphatic carbocycles. The highest BCUT2D eigenvalue weighted by molar-refractivity contribution is 4.75. The first-order valence-corrected chi connectivity index (χ1v) is 6.15. The van der Waals surface area contributed by atoms with Crippen LogP contribution in [0.4, 0.5) is 0 Å². The second-order valence-corrected chi connectivity index (χ2v) is 4.73. The molecular weight excluding hydrogens is 172 g/mol. The van der Waals surface area contributed by atoms with Crippen LogP contribution < -0.4 is 5.32 Å². The fourth-order valence-corrected chi connectivity index (χ4v) is 1.97. The molecule has 1 aliphatic rings. The maximum absolute atomic E-state index is 3.39. The first-order chi connectivity index (χ1) is 6.74. The molecule has 1 atom stereocenters. The summed E-state index contributed by atoms with van der Waals surface area (Å²) in [4.78, 5) is 2.53. The molecule has 1 unspecified atom stereocenters. The molecule has 0 saturated heterocycles. The van der Waals surface area contributed by atoms with Crippen molar-refractivity contribution in [2.75, 3.05) is 26.7 Å². The Kier molecular flexibility index (Phi) is 5.49. The van der Waals surface area contributed by atoms with Crippen molar-refractivity contribution in [2.45, 2.75) is 45.6 Å². The summed E-state index contributed by atoms with van der Waals surface area (Å²) in [6.07, 6.45) is 5.66. The van der Waals surface area contributed by atoms with Crippen molar-refractivity contribution in [3.8, 4) is 0 Å². The molecule has 0 spiro atoms. The maximum Gasteiger partial charge on any atom is 0.00760 e. The molecule has 0 heterocycles. The van der Waals surface area contributed by atoms with E-state index in [0.717, 1.165) is 25.0 Å². The summed E-state index contributed by atoms with van der Waals surface area (Å²) in [5.74, 6) is 1.00. The van der Waals surface area contributed by atoms with Crippen LogP contribution in [0.5, 0.6) is 0 Å². The predicted octanol–water partition coefficient (Wildman–Crippen LogP) is 2.11. The number of nitrogens with one attached hydrogen (secondary N) is 1. The number of hydrogen-bond acceptors (Lipinski definition) is 2. The van der Waals surface area contributed by atoms with E-state index in [1.54, 1.807) is 0 Å². The van der Waals surface area contributed by atoms with E-state index in [2.05, 4.69) is 31.1 Å². The normalized spacial score (nSPS) is 19.7. The van der Waals surface area contributed by atoms with Crippen LogP contribution in [0.1, 0.15) is 39.5 Å². The van der Waals surface area contributed by atoms with E-state index in [1.165, 1.54) is 32.2 Å². The van der Waals surface area contributed by atoms with Crippen molar-refractivity contribution in [3.05, 3.63) is 0 Å². The summed E-state index contributed by atoms with van der Waals surface area (Å²) in [7, 11) is 2.27. The highest BCUT2D eigenvalue weighted by atomic mass is 15.1. The van der Waals surface area contributed by atoms with Gasteiger partial charge in [-0.1, -0.05) is 13.3 Å². The molecule has 0 bridgehead atoms. The lowest BCUT2D eigenvalue weighted by Crippen LogP contribution is -2.37. The van der Waals surface area contributed by atoms with Gasteiger partial charge in [0.1, 0.15) is 0 Å². The van der Waals surface area contributed by atoms with Crippen molar-refractivity contribution in [1.29, 1.82) is 0 Å². The van der Waals surface area contributed by atoms with Gasteiger partial charge >= 0.3 is 0 Å². The van der Waals surface area contributed by atoms with Crippen LogP contribution in [0.3, 0.4) is 0 Å². The van der Waals surface area contributed by atoms with Crippen LogP contribution in [-0.2, 0) is 0 Å². The minimum Gasteiger partial charge on any atom is -0.317 e. The lowest BCUT2D eigenvalue weighted by atomic mass is 9.85. The molecule has 0 amide bonds. The summed E-state index contributed by atoms with van der Waals surface area (Å²) in [6, 6.07) is 0.731. The number of hydrogen-bond donors (Lipinski definition) is 1. The molecule has 0 aliphatic heterocycles. The van der Waals surface area contributed by atoms with Gasteiger partial charge in [0, 0.05) is 12.6 Å². The van der Waals surface area contributed by atoms with Gasteiger partial charge in [0.15, 0.2) is 0 Å². The lowest BCUT2D eigenvalue weighted by molar-refractivity contribution is 0.164. The predicted molar refractivity (Wildman–Crippen MR) is 62.6 cm³/mol. The highest BCUT2D eigenvalue weighted by Gasteiger charge is 2.20. The number of nitrogens with zero attached hydrogens (tertiary/aromatic N) is 1. The summed E-state index contributed by atoms with van der Waals surface area (Å²) >= 11 is 0. The molecule has 1 saturated carbocycles. The molecule has 2 nitrogen and oxygen atoms in total. The van der Waals surface area contributed by atoms with Crippen LogP contribution in [0.25, 0.3) is 0 Å². The fraction of sp³-hybridized carbons (Fsp3) is 1.00. The molecule has 0 aromatic heterocycles. The van der Waals surface area contributed by atoms with Gasteiger partial charge in [-0.25, -0.2) is 0 Å². The molecule has 1 fully saturated rings. The SMILES string of the molecule is CCNCCC(C)N(C)CC1CCC1. The highest BCUT2D eigenvalue weighted by Crippen LogP contribution is 2.27. The van der Waals surface area contributed by atoms with Gasteiger partial charge in [-0.2, -0.15) is 0 Å². The Bertz CT molecular complexity index is 143. The summed E-state index contributed by atoms with van der Waals surface area (Å²) < 4.78 is 0. The quantitative estimate of drug-likeness (QED) is 0.630. The van der Waals surface area contributed by atoms with Crippen molar-refractivity contribution in [1.82, 2.24) is 10.2 Å². The Balaban J connectivity index is 2.05. The average molecular weight is 198 g/mol. The molecule has 14 heavy (non-hydrogen) atoms. The van der Waals surface area contributed by atoms with Gasteiger partial charge in [0.25, 0.3) is 0 Å². The van der Waals surface area contributed by atoms with Gasteiger partial charge in [-0.15, -0.1) is 0 Å². The zero-order chi connectivity index (χ0) is 10.4. The van der Waals surface area contributed by atoms with Crippen molar-refractivity contribution < 1.29 is 0 Å². The summed E-state index contributed by atoms with van der Waals surface area (Å²) in [5.41, 5.74) is 0. The van der Waals surface area contributed by atoms with Gasteiger partial charge in [-0.3, -0.25) is 0 Å². The third-order valence-corrected chi connectivity index (χ3v) is 3.51. The Morgan fingerprint density at radius 3 is 2.64 bits per heavy atom. The lowest BCUT2D eigenvalue weighted by Gasteiger charge is -2.33. The molecule has 1 rings (SSSR count). The van der Waals surface area contributed by atoms with E-state index in [-0.39, 0.29) is 0 Å². The third-order valence-electron chi connectivity index (χ3n) is 3.51. The van der Waals surface area contributed by atoms with Gasteiger partial charge in [0.05, 0.1) is 0 Å². The summed E-state index contributed by atoms with van der Waals surface area (Å²) in [6.45, 7) is 8.08. The van der Waals surface area contributed by atoms with E-state index < -0.39 is 0 Å². The molecular formula is C12H26N2. The molecule has 0 aromatic rings. The van der Waals surface area contributed by atoms with Crippen LogP contribution >= 0.6 is 0 Å². The second kappa shape index (κ2) is 6.41.